The Bertz CT molecular complexity index is 781. The van der Waals surface area contributed by atoms with Crippen molar-refractivity contribution in [1.82, 2.24) is 25.1 Å². The Hall–Kier alpha value is -2.26. The molecule has 4 heterocycles. The second kappa shape index (κ2) is 8.40. The fourth-order valence-corrected chi connectivity index (χ4v) is 3.92. The normalized spacial score (nSPS) is 25.9. The van der Waals surface area contributed by atoms with E-state index in [9.17, 15) is 0 Å². The molecule has 2 N–H and O–H groups in total. The first-order valence-electron chi connectivity index (χ1n) is 10.1. The average Bonchev–Trinajstić information content (AvgIpc) is 3.15. The minimum atomic E-state index is -0.165. The van der Waals surface area contributed by atoms with Crippen LogP contribution >= 0.6 is 0 Å². The third kappa shape index (κ3) is 4.25. The molecule has 3 atom stereocenters. The summed E-state index contributed by atoms with van der Waals surface area (Å²) in [6.07, 6.45) is 3.81. The van der Waals surface area contributed by atoms with Crippen molar-refractivity contribution < 1.29 is 9.47 Å². The smallest absolute Gasteiger partial charge is 0.181 e. The maximum atomic E-state index is 5.99. The highest BCUT2D eigenvalue weighted by Gasteiger charge is 2.29. The number of hydrogen-bond acceptors (Lipinski definition) is 8. The number of nitrogens with zero attached hydrogens (tertiary/aromatic N) is 5. The molecule has 9 nitrogen and oxygen atoms in total. The van der Waals surface area contributed by atoms with Crippen molar-refractivity contribution in [2.45, 2.75) is 51.9 Å². The number of aromatic amines is 1. The van der Waals surface area contributed by atoms with Crippen molar-refractivity contribution in [3.05, 3.63) is 24.0 Å². The lowest BCUT2D eigenvalue weighted by molar-refractivity contribution is -0.0203. The zero-order valence-electron chi connectivity index (χ0n) is 16.8. The van der Waals surface area contributed by atoms with E-state index < -0.39 is 0 Å². The van der Waals surface area contributed by atoms with Gasteiger partial charge in [-0.15, -0.1) is 0 Å². The molecule has 0 bridgehead atoms. The van der Waals surface area contributed by atoms with Crippen molar-refractivity contribution in [3.63, 3.8) is 0 Å². The quantitative estimate of drug-likeness (QED) is 0.804. The predicted molar refractivity (Wildman–Crippen MR) is 105 cm³/mol. The summed E-state index contributed by atoms with van der Waals surface area (Å²) < 4.78 is 11.8. The van der Waals surface area contributed by atoms with Crippen molar-refractivity contribution >= 4 is 11.6 Å². The maximum absolute atomic E-state index is 5.99. The molecule has 2 fully saturated rings. The van der Waals surface area contributed by atoms with Crippen LogP contribution in [0.3, 0.4) is 0 Å². The molecule has 2 aromatic rings. The number of hydrogen-bond donors (Lipinski definition) is 2. The minimum Gasteiger partial charge on any atom is -0.376 e. The number of nitrogens with one attached hydrogen (secondary N) is 2. The summed E-state index contributed by atoms with van der Waals surface area (Å²) in [5.41, 5.74) is 0. The van der Waals surface area contributed by atoms with Crippen molar-refractivity contribution in [1.29, 1.82) is 0 Å². The molecule has 0 spiro atoms. The summed E-state index contributed by atoms with van der Waals surface area (Å²) in [6, 6.07) is 2.28. The number of rotatable bonds is 5. The largest absolute Gasteiger partial charge is 0.376 e. The van der Waals surface area contributed by atoms with Crippen LogP contribution in [0.5, 0.6) is 0 Å². The molecule has 2 saturated heterocycles. The third-order valence-electron chi connectivity index (χ3n) is 5.30. The zero-order valence-corrected chi connectivity index (χ0v) is 16.8. The van der Waals surface area contributed by atoms with Gasteiger partial charge in [0.05, 0.1) is 25.3 Å². The topological polar surface area (TPSA) is 101 Å². The Morgan fingerprint density at radius 3 is 2.93 bits per heavy atom. The molecule has 0 saturated carbocycles. The Labute approximate surface area is 165 Å². The van der Waals surface area contributed by atoms with E-state index in [1.807, 2.05) is 13.0 Å². The number of anilines is 2. The number of H-pyrrole nitrogens is 1. The van der Waals surface area contributed by atoms with E-state index >= 15 is 0 Å². The van der Waals surface area contributed by atoms with Crippen LogP contribution in [0.25, 0.3) is 0 Å². The van der Waals surface area contributed by atoms with Crippen LogP contribution < -0.4 is 10.2 Å². The summed E-state index contributed by atoms with van der Waals surface area (Å²) in [5.74, 6) is 3.66. The minimum absolute atomic E-state index is 0.165. The van der Waals surface area contributed by atoms with Crippen LogP contribution in [-0.2, 0) is 9.47 Å². The molecule has 0 amide bonds. The van der Waals surface area contributed by atoms with Crippen molar-refractivity contribution in [3.8, 4) is 0 Å². The highest BCUT2D eigenvalue weighted by molar-refractivity contribution is 5.49. The molecule has 0 radical (unpaired) electrons. The third-order valence-corrected chi connectivity index (χ3v) is 5.30. The lowest BCUT2D eigenvalue weighted by Crippen LogP contribution is -2.43. The van der Waals surface area contributed by atoms with Gasteiger partial charge < -0.3 is 19.7 Å². The lowest BCUT2D eigenvalue weighted by atomic mass is 9.94. The van der Waals surface area contributed by atoms with Gasteiger partial charge in [0.1, 0.15) is 29.9 Å². The highest BCUT2D eigenvalue weighted by Crippen LogP contribution is 2.26. The molecule has 2 aliphatic rings. The standard InChI is InChI=1S/C19H29N7O2/c1-12(2)18-14(5-4-7-28-18)23-16-9-17(21-11-20-16)26-6-8-27-15(10-26)19-22-13(3)24-25-19/h9,11-12,14-15,18H,4-8,10H2,1-3H3,(H,20,21,23)(H,22,24,25)/t14-,15+,18-/m1/s1. The van der Waals surface area contributed by atoms with E-state index in [2.05, 4.69) is 49.2 Å². The van der Waals surface area contributed by atoms with Gasteiger partial charge in [-0.25, -0.2) is 15.0 Å². The van der Waals surface area contributed by atoms with E-state index in [1.54, 1.807) is 6.33 Å². The van der Waals surface area contributed by atoms with Gasteiger partial charge in [0.15, 0.2) is 5.82 Å². The number of morpholine rings is 1. The van der Waals surface area contributed by atoms with Gasteiger partial charge in [-0.05, 0) is 25.7 Å². The second-order valence-electron chi connectivity index (χ2n) is 7.82. The molecular weight excluding hydrogens is 358 g/mol. The summed E-state index contributed by atoms with van der Waals surface area (Å²) in [5, 5.41) is 10.7. The fourth-order valence-electron chi connectivity index (χ4n) is 3.92. The van der Waals surface area contributed by atoms with Gasteiger partial charge in [-0.2, -0.15) is 5.10 Å². The van der Waals surface area contributed by atoms with Crippen LogP contribution in [0, 0.1) is 12.8 Å². The van der Waals surface area contributed by atoms with Crippen LogP contribution in [0.4, 0.5) is 11.6 Å². The van der Waals surface area contributed by atoms with Crippen LogP contribution in [0.2, 0.25) is 0 Å². The predicted octanol–water partition coefficient (Wildman–Crippen LogP) is 2.10. The van der Waals surface area contributed by atoms with Crippen LogP contribution in [0.15, 0.2) is 12.4 Å². The maximum Gasteiger partial charge on any atom is 0.181 e. The Morgan fingerprint density at radius 1 is 1.25 bits per heavy atom. The molecule has 0 aromatic carbocycles. The molecule has 0 unspecified atom stereocenters. The average molecular weight is 387 g/mol. The first kappa shape index (κ1) is 19.1. The van der Waals surface area contributed by atoms with E-state index in [4.69, 9.17) is 9.47 Å². The SMILES string of the molecule is Cc1nc([C@@H]2CN(c3cc(N[C@@H]4CCCO[C@@H]4C(C)C)ncn3)CCO2)n[nH]1. The van der Waals surface area contributed by atoms with Gasteiger partial charge >= 0.3 is 0 Å². The molecule has 2 aromatic heterocycles. The van der Waals surface area contributed by atoms with E-state index in [1.165, 1.54) is 0 Å². The molecule has 9 heteroatoms. The zero-order chi connectivity index (χ0) is 19.5. The first-order valence-corrected chi connectivity index (χ1v) is 10.1. The Balaban J connectivity index is 1.45. The van der Waals surface area contributed by atoms with Crippen molar-refractivity contribution in [2.24, 2.45) is 5.92 Å². The molecule has 28 heavy (non-hydrogen) atoms. The van der Waals surface area contributed by atoms with E-state index in [0.29, 0.717) is 24.9 Å². The summed E-state index contributed by atoms with van der Waals surface area (Å²) >= 11 is 0. The molecule has 0 aliphatic carbocycles. The lowest BCUT2D eigenvalue weighted by Gasteiger charge is -2.35. The molecule has 152 valence electrons. The summed E-state index contributed by atoms with van der Waals surface area (Å²) in [7, 11) is 0. The fraction of sp³-hybridized carbons (Fsp3) is 0.684. The molecular formula is C19H29N7O2. The monoisotopic (exact) mass is 387 g/mol. The van der Waals surface area contributed by atoms with Gasteiger partial charge in [-0.1, -0.05) is 13.8 Å². The first-order chi connectivity index (χ1) is 13.6. The summed E-state index contributed by atoms with van der Waals surface area (Å²) in [6.45, 7) is 9.18. The number of aromatic nitrogens is 5. The summed E-state index contributed by atoms with van der Waals surface area (Å²) in [4.78, 5) is 15.5. The molecule has 4 rings (SSSR count). The van der Waals surface area contributed by atoms with E-state index in [-0.39, 0.29) is 18.2 Å². The van der Waals surface area contributed by atoms with Gasteiger partial charge in [0.2, 0.25) is 0 Å². The van der Waals surface area contributed by atoms with Gasteiger partial charge in [-0.3, -0.25) is 5.10 Å². The van der Waals surface area contributed by atoms with Crippen molar-refractivity contribution in [2.75, 3.05) is 36.5 Å². The Morgan fingerprint density at radius 2 is 2.14 bits per heavy atom. The second-order valence-corrected chi connectivity index (χ2v) is 7.82. The van der Waals surface area contributed by atoms with Gasteiger partial charge in [0.25, 0.3) is 0 Å². The molecule has 2 aliphatic heterocycles. The Kier molecular flexibility index (Phi) is 5.72. The van der Waals surface area contributed by atoms with Crippen LogP contribution in [-0.4, -0.2) is 63.6 Å². The number of aryl methyl sites for hydroxylation is 1. The van der Waals surface area contributed by atoms with Gasteiger partial charge in [0, 0.05) is 19.2 Å². The van der Waals surface area contributed by atoms with Crippen LogP contribution in [0.1, 0.15) is 44.4 Å². The van der Waals surface area contributed by atoms with E-state index in [0.717, 1.165) is 43.5 Å². The number of ether oxygens (including phenoxy) is 2. The highest BCUT2D eigenvalue weighted by atomic mass is 16.5.